The summed E-state index contributed by atoms with van der Waals surface area (Å²) in [5, 5.41) is 16.3. The second-order valence-corrected chi connectivity index (χ2v) is 5.30. The summed E-state index contributed by atoms with van der Waals surface area (Å²) in [5.74, 6) is -0.854. The molecular weight excluding hydrogens is 354 g/mol. The molecule has 0 aliphatic rings. The Bertz CT molecular complexity index is 805. The van der Waals surface area contributed by atoms with E-state index in [0.29, 0.717) is 5.56 Å². The Kier molecular flexibility index (Phi) is 5.81. The summed E-state index contributed by atoms with van der Waals surface area (Å²) in [7, 11) is 0. The lowest BCUT2D eigenvalue weighted by Crippen LogP contribution is -2.09. The van der Waals surface area contributed by atoms with Gasteiger partial charge in [0.05, 0.1) is 16.2 Å². The van der Waals surface area contributed by atoms with Crippen molar-refractivity contribution in [3.05, 3.63) is 76.1 Å². The zero-order valence-corrected chi connectivity index (χ0v) is 13.4. The van der Waals surface area contributed by atoms with Gasteiger partial charge in [-0.3, -0.25) is 10.1 Å². The maximum atomic E-state index is 14.5. The molecule has 0 aliphatic heterocycles. The lowest BCUT2D eigenvalue weighted by molar-refractivity contribution is -0.384. The van der Waals surface area contributed by atoms with Gasteiger partial charge in [0.1, 0.15) is 0 Å². The molecule has 2 rings (SSSR count). The zero-order valence-electron chi connectivity index (χ0n) is 13.4. The first-order valence-electron chi connectivity index (χ1n) is 7.45. The van der Waals surface area contributed by atoms with Crippen molar-refractivity contribution in [3.63, 3.8) is 0 Å². The molecule has 26 heavy (non-hydrogen) atoms. The van der Waals surface area contributed by atoms with Crippen molar-refractivity contribution in [2.24, 2.45) is 0 Å². The standard InChI is InChI=1S/C17H15F4N3O2/c1-2-9-22-16-14(24(25)26)8-7-13(15(16)18)23-10-11-3-5-12(6-4-11)17(19,20)21/h2-8,22-23H,1,9-10H2. The zero-order chi connectivity index (χ0) is 19.3. The van der Waals surface area contributed by atoms with Gasteiger partial charge in [-0.1, -0.05) is 18.2 Å². The van der Waals surface area contributed by atoms with E-state index in [0.717, 1.165) is 18.2 Å². The number of benzene rings is 2. The van der Waals surface area contributed by atoms with Crippen LogP contribution in [0.4, 0.5) is 34.6 Å². The molecule has 9 heteroatoms. The van der Waals surface area contributed by atoms with Gasteiger partial charge in [0.15, 0.2) is 11.5 Å². The molecule has 0 amide bonds. The first kappa shape index (κ1) is 19.2. The molecule has 0 unspecified atom stereocenters. The number of rotatable bonds is 7. The Hall–Kier alpha value is -3.10. The van der Waals surface area contributed by atoms with E-state index in [1.54, 1.807) is 0 Å². The van der Waals surface area contributed by atoms with Crippen LogP contribution in [0, 0.1) is 15.9 Å². The van der Waals surface area contributed by atoms with Gasteiger partial charge >= 0.3 is 6.18 Å². The van der Waals surface area contributed by atoms with Crippen LogP contribution < -0.4 is 10.6 Å². The van der Waals surface area contributed by atoms with Gasteiger partial charge < -0.3 is 10.6 Å². The summed E-state index contributed by atoms with van der Waals surface area (Å²) in [4.78, 5) is 10.3. The smallest absolute Gasteiger partial charge is 0.379 e. The fourth-order valence-electron chi connectivity index (χ4n) is 2.21. The Morgan fingerprint density at radius 3 is 2.31 bits per heavy atom. The molecule has 2 aromatic carbocycles. The predicted molar refractivity (Wildman–Crippen MR) is 90.5 cm³/mol. The van der Waals surface area contributed by atoms with Crippen LogP contribution in [-0.4, -0.2) is 11.5 Å². The van der Waals surface area contributed by atoms with E-state index in [2.05, 4.69) is 17.2 Å². The second kappa shape index (κ2) is 7.85. The fraction of sp³-hybridized carbons (Fsp3) is 0.176. The van der Waals surface area contributed by atoms with Crippen molar-refractivity contribution >= 4 is 17.1 Å². The average Bonchev–Trinajstić information content (AvgIpc) is 2.58. The quantitative estimate of drug-likeness (QED) is 0.313. The summed E-state index contributed by atoms with van der Waals surface area (Å²) in [6.07, 6.45) is -3.01. The van der Waals surface area contributed by atoms with E-state index in [1.807, 2.05) is 0 Å². The molecule has 0 heterocycles. The lowest BCUT2D eigenvalue weighted by Gasteiger charge is -2.13. The molecule has 2 N–H and O–H groups in total. The highest BCUT2D eigenvalue weighted by molar-refractivity contribution is 5.70. The minimum absolute atomic E-state index is 0.0120. The molecule has 5 nitrogen and oxygen atoms in total. The topological polar surface area (TPSA) is 67.2 Å². The third-order valence-corrected chi connectivity index (χ3v) is 3.50. The Morgan fingerprint density at radius 2 is 1.77 bits per heavy atom. The van der Waals surface area contributed by atoms with E-state index in [1.165, 1.54) is 24.3 Å². The number of nitro benzene ring substituents is 1. The largest absolute Gasteiger partial charge is 0.416 e. The molecule has 0 spiro atoms. The van der Waals surface area contributed by atoms with E-state index in [4.69, 9.17) is 0 Å². The van der Waals surface area contributed by atoms with Crippen LogP contribution >= 0.6 is 0 Å². The lowest BCUT2D eigenvalue weighted by atomic mass is 10.1. The molecular formula is C17H15F4N3O2. The molecule has 0 bridgehead atoms. The van der Waals surface area contributed by atoms with E-state index >= 15 is 0 Å². The highest BCUT2D eigenvalue weighted by Gasteiger charge is 2.29. The highest BCUT2D eigenvalue weighted by Crippen LogP contribution is 2.33. The number of halogens is 4. The molecule has 2 aromatic rings. The molecule has 0 aliphatic carbocycles. The van der Waals surface area contributed by atoms with Gasteiger partial charge in [-0.25, -0.2) is 4.39 Å². The van der Waals surface area contributed by atoms with Gasteiger partial charge in [-0.05, 0) is 23.8 Å². The van der Waals surface area contributed by atoms with Crippen molar-refractivity contribution in [2.45, 2.75) is 12.7 Å². The molecule has 0 radical (unpaired) electrons. The van der Waals surface area contributed by atoms with Gasteiger partial charge in [-0.2, -0.15) is 13.2 Å². The minimum Gasteiger partial charge on any atom is -0.379 e. The predicted octanol–water partition coefficient (Wildman–Crippen LogP) is 4.96. The number of nitro groups is 1. The van der Waals surface area contributed by atoms with Gasteiger partial charge in [0, 0.05) is 19.2 Å². The Morgan fingerprint density at radius 1 is 1.12 bits per heavy atom. The number of hydrogen-bond acceptors (Lipinski definition) is 4. The summed E-state index contributed by atoms with van der Waals surface area (Å²) in [6, 6.07) is 6.76. The summed E-state index contributed by atoms with van der Waals surface area (Å²) >= 11 is 0. The molecule has 0 fully saturated rings. The van der Waals surface area contributed by atoms with Crippen LogP contribution in [0.1, 0.15) is 11.1 Å². The number of nitrogens with one attached hydrogen (secondary N) is 2. The van der Waals surface area contributed by atoms with Crippen LogP contribution in [0.25, 0.3) is 0 Å². The van der Waals surface area contributed by atoms with Crippen molar-refractivity contribution < 1.29 is 22.5 Å². The van der Waals surface area contributed by atoms with E-state index in [9.17, 15) is 27.7 Å². The first-order chi connectivity index (χ1) is 12.2. The SMILES string of the molecule is C=CCNc1c([N+](=O)[O-])ccc(NCc2ccc(C(F)(F)F)cc2)c1F. The van der Waals surface area contributed by atoms with E-state index in [-0.39, 0.29) is 24.5 Å². The molecule has 138 valence electrons. The second-order valence-electron chi connectivity index (χ2n) is 5.30. The minimum atomic E-state index is -4.43. The number of alkyl halides is 3. The molecule has 0 saturated heterocycles. The normalized spacial score (nSPS) is 11.1. The van der Waals surface area contributed by atoms with Gasteiger partial charge in [0.2, 0.25) is 0 Å². The Balaban J connectivity index is 2.19. The number of hydrogen-bond donors (Lipinski definition) is 2. The van der Waals surface area contributed by atoms with Gasteiger partial charge in [0.25, 0.3) is 5.69 Å². The van der Waals surface area contributed by atoms with Crippen molar-refractivity contribution in [3.8, 4) is 0 Å². The third-order valence-electron chi connectivity index (χ3n) is 3.50. The molecule has 0 atom stereocenters. The van der Waals surface area contributed by atoms with Crippen LogP contribution in [0.5, 0.6) is 0 Å². The molecule has 0 saturated carbocycles. The van der Waals surface area contributed by atoms with Crippen molar-refractivity contribution in [2.75, 3.05) is 17.2 Å². The maximum Gasteiger partial charge on any atom is 0.416 e. The Labute approximate surface area is 146 Å². The van der Waals surface area contributed by atoms with Crippen LogP contribution in [0.15, 0.2) is 49.1 Å². The molecule has 0 aromatic heterocycles. The van der Waals surface area contributed by atoms with Crippen LogP contribution in [0.3, 0.4) is 0 Å². The monoisotopic (exact) mass is 369 g/mol. The van der Waals surface area contributed by atoms with Crippen molar-refractivity contribution in [1.29, 1.82) is 0 Å². The summed E-state index contributed by atoms with van der Waals surface area (Å²) < 4.78 is 52.1. The van der Waals surface area contributed by atoms with Crippen molar-refractivity contribution in [1.82, 2.24) is 0 Å². The number of anilines is 2. The maximum absolute atomic E-state index is 14.5. The van der Waals surface area contributed by atoms with Crippen LogP contribution in [0.2, 0.25) is 0 Å². The average molecular weight is 369 g/mol. The summed E-state index contributed by atoms with van der Waals surface area (Å²) in [5.41, 5.74) is -1.01. The van der Waals surface area contributed by atoms with Crippen LogP contribution in [-0.2, 0) is 12.7 Å². The summed E-state index contributed by atoms with van der Waals surface area (Å²) in [6.45, 7) is 3.63. The number of nitrogens with zero attached hydrogens (tertiary/aromatic N) is 1. The van der Waals surface area contributed by atoms with E-state index < -0.39 is 28.2 Å². The first-order valence-corrected chi connectivity index (χ1v) is 7.45. The highest BCUT2D eigenvalue weighted by atomic mass is 19.4. The third kappa shape index (κ3) is 4.50. The fourth-order valence-corrected chi connectivity index (χ4v) is 2.21. The van der Waals surface area contributed by atoms with Gasteiger partial charge in [-0.15, -0.1) is 6.58 Å².